The predicted molar refractivity (Wildman–Crippen MR) is 206 cm³/mol. The van der Waals surface area contributed by atoms with E-state index in [2.05, 4.69) is 42.7 Å². The van der Waals surface area contributed by atoms with Gasteiger partial charge in [0.2, 0.25) is 0 Å². The van der Waals surface area contributed by atoms with Crippen LogP contribution >= 0.6 is 24.0 Å². The lowest BCUT2D eigenvalue weighted by Crippen LogP contribution is -2.33. The molecular formula is C36H52N8O4S2. The molecule has 4 heterocycles. The Bertz CT molecular complexity index is 1670. The second-order valence-electron chi connectivity index (χ2n) is 13.3. The zero-order valence-corrected chi connectivity index (χ0v) is 31.7. The Hall–Kier alpha value is -4.19. The van der Waals surface area contributed by atoms with Gasteiger partial charge in [-0.25, -0.2) is 19.6 Å². The highest BCUT2D eigenvalue weighted by Gasteiger charge is 2.16. The quantitative estimate of drug-likeness (QED) is 0.0520. The highest BCUT2D eigenvalue weighted by Crippen LogP contribution is 2.18. The summed E-state index contributed by atoms with van der Waals surface area (Å²) in [6, 6.07) is 8.05. The number of aryl methyl sites for hydroxylation is 1. The molecule has 0 saturated heterocycles. The predicted octanol–water partition coefficient (Wildman–Crippen LogP) is 7.70. The van der Waals surface area contributed by atoms with Crippen molar-refractivity contribution < 1.29 is 19.1 Å². The van der Waals surface area contributed by atoms with Gasteiger partial charge < -0.3 is 35.8 Å². The summed E-state index contributed by atoms with van der Waals surface area (Å²) in [5.41, 5.74) is 8.88. The van der Waals surface area contributed by atoms with Crippen LogP contribution in [0.1, 0.15) is 84.8 Å². The Labute approximate surface area is 305 Å². The molecule has 6 N–H and O–H groups in total. The fourth-order valence-corrected chi connectivity index (χ4v) is 5.10. The van der Waals surface area contributed by atoms with Crippen molar-refractivity contribution in [3.8, 4) is 5.40 Å². The number of hydrogen-bond donors (Lipinski definition) is 5. The Morgan fingerprint density at radius 3 is 1.88 bits per heavy atom. The minimum Gasteiger partial charge on any atom is -0.444 e. The lowest BCUT2D eigenvalue weighted by atomic mass is 10.0. The van der Waals surface area contributed by atoms with Crippen LogP contribution in [-0.2, 0) is 22.4 Å². The summed E-state index contributed by atoms with van der Waals surface area (Å²) in [6.45, 7) is 12.7. The fraction of sp³-hybridized carbons (Fsp3) is 0.500. The first-order valence-corrected chi connectivity index (χ1v) is 18.1. The van der Waals surface area contributed by atoms with Crippen molar-refractivity contribution in [2.24, 2.45) is 5.73 Å². The second-order valence-corrected chi connectivity index (χ2v) is 14.7. The Balaban J connectivity index is 0.000000290. The lowest BCUT2D eigenvalue weighted by Gasteiger charge is -2.19. The number of nitriles is 1. The van der Waals surface area contributed by atoms with Gasteiger partial charge >= 0.3 is 12.2 Å². The zero-order valence-electron chi connectivity index (χ0n) is 30.1. The lowest BCUT2D eigenvalue weighted by molar-refractivity contribution is 0.0516. The van der Waals surface area contributed by atoms with Crippen LogP contribution in [-0.4, -0.2) is 67.0 Å². The molecule has 0 aromatic carbocycles. The molecule has 0 unspecified atom stereocenters. The van der Waals surface area contributed by atoms with E-state index in [1.54, 1.807) is 6.20 Å². The van der Waals surface area contributed by atoms with Gasteiger partial charge in [0.25, 0.3) is 0 Å². The summed E-state index contributed by atoms with van der Waals surface area (Å²) < 4.78 is 10.2. The van der Waals surface area contributed by atoms with Crippen molar-refractivity contribution in [1.29, 1.82) is 5.26 Å². The number of thiocarbonyl (C=S) groups is 1. The number of pyridine rings is 2. The van der Waals surface area contributed by atoms with E-state index in [9.17, 15) is 9.59 Å². The van der Waals surface area contributed by atoms with Gasteiger partial charge in [0.15, 0.2) is 0 Å². The molecule has 50 heavy (non-hydrogen) atoms. The average molecular weight is 725 g/mol. The van der Waals surface area contributed by atoms with Crippen molar-refractivity contribution in [1.82, 2.24) is 30.6 Å². The maximum atomic E-state index is 11.5. The van der Waals surface area contributed by atoms with E-state index in [0.717, 1.165) is 71.4 Å². The maximum Gasteiger partial charge on any atom is 0.407 e. The Morgan fingerprint density at radius 1 is 0.840 bits per heavy atom. The summed E-state index contributed by atoms with van der Waals surface area (Å²) >= 11 is 6.68. The Morgan fingerprint density at radius 2 is 1.36 bits per heavy atom. The van der Waals surface area contributed by atoms with Crippen molar-refractivity contribution in [2.45, 2.75) is 97.8 Å². The topological polar surface area (TPSA) is 184 Å². The van der Waals surface area contributed by atoms with Crippen LogP contribution in [0.2, 0.25) is 0 Å². The highest BCUT2D eigenvalue weighted by atomic mass is 32.2. The van der Waals surface area contributed by atoms with Gasteiger partial charge in [-0.05, 0) is 132 Å². The SMILES string of the molecule is CC(C)(C)OC(=O)NCCCCC(=S)CCc1ccnc2[nH]ccc12.CC(C)(C)OC(=O)NCCCSC#N.NCc1ccnc2[nH]ccc12. The van der Waals surface area contributed by atoms with Crippen molar-refractivity contribution in [3.05, 3.63) is 60.2 Å². The van der Waals surface area contributed by atoms with E-state index in [0.29, 0.717) is 19.6 Å². The third-order valence-electron chi connectivity index (χ3n) is 6.70. The normalized spacial score (nSPS) is 11.0. The van der Waals surface area contributed by atoms with Crippen LogP contribution in [0.3, 0.4) is 0 Å². The average Bonchev–Trinajstić information content (AvgIpc) is 3.73. The molecule has 0 aliphatic rings. The number of aromatic amines is 2. The molecule has 0 radical (unpaired) electrons. The Kier molecular flexibility index (Phi) is 18.3. The number of aromatic nitrogens is 4. The number of H-pyrrole nitrogens is 2. The number of hydrogen-bond acceptors (Lipinski definition) is 10. The molecule has 0 fully saturated rings. The first-order valence-electron chi connectivity index (χ1n) is 16.7. The van der Waals surface area contributed by atoms with Gasteiger partial charge in [-0.1, -0.05) is 12.2 Å². The summed E-state index contributed by atoms with van der Waals surface area (Å²) in [5.74, 6) is 0.728. The number of ether oxygens (including phenoxy) is 2. The molecule has 0 aliphatic carbocycles. The number of fused-ring (bicyclic) bond motifs is 2. The molecule has 0 atom stereocenters. The van der Waals surface area contributed by atoms with E-state index in [1.807, 2.05) is 77.7 Å². The number of nitrogens with zero attached hydrogens (tertiary/aromatic N) is 3. The molecule has 0 bridgehead atoms. The summed E-state index contributed by atoms with van der Waals surface area (Å²) in [4.78, 5) is 38.3. The van der Waals surface area contributed by atoms with Gasteiger partial charge in [0.1, 0.15) is 27.9 Å². The maximum absolute atomic E-state index is 11.5. The molecule has 4 aromatic heterocycles. The molecule has 272 valence electrons. The van der Waals surface area contributed by atoms with E-state index in [1.165, 1.54) is 22.7 Å². The van der Waals surface area contributed by atoms with Crippen LogP contribution in [0.25, 0.3) is 22.1 Å². The molecule has 4 rings (SSSR count). The zero-order chi connectivity index (χ0) is 37.0. The number of rotatable bonds is 13. The second kappa shape index (κ2) is 21.8. The molecule has 2 amide bonds. The number of carbonyl (C=O) groups excluding carboxylic acids is 2. The van der Waals surface area contributed by atoms with Gasteiger partial charge in [-0.2, -0.15) is 5.26 Å². The number of thiocyanates is 1. The van der Waals surface area contributed by atoms with E-state index < -0.39 is 17.3 Å². The molecule has 12 nitrogen and oxygen atoms in total. The van der Waals surface area contributed by atoms with Crippen LogP contribution in [0.15, 0.2) is 49.1 Å². The van der Waals surface area contributed by atoms with E-state index >= 15 is 0 Å². The van der Waals surface area contributed by atoms with E-state index in [-0.39, 0.29) is 6.09 Å². The molecule has 14 heteroatoms. The smallest absolute Gasteiger partial charge is 0.407 e. The minimum absolute atomic E-state index is 0.358. The number of amides is 2. The van der Waals surface area contributed by atoms with E-state index in [4.69, 9.17) is 32.7 Å². The third-order valence-corrected chi connectivity index (χ3v) is 7.73. The summed E-state index contributed by atoms with van der Waals surface area (Å²) in [5, 5.41) is 17.9. The van der Waals surface area contributed by atoms with Gasteiger partial charge in [-0.3, -0.25) is 0 Å². The molecule has 4 aromatic rings. The van der Waals surface area contributed by atoms with Crippen LogP contribution in [0.5, 0.6) is 0 Å². The number of carbonyl (C=O) groups is 2. The molecule has 0 saturated carbocycles. The van der Waals surface area contributed by atoms with Crippen LogP contribution in [0.4, 0.5) is 9.59 Å². The monoisotopic (exact) mass is 724 g/mol. The van der Waals surface area contributed by atoms with Gasteiger partial charge in [0, 0.05) is 60.9 Å². The van der Waals surface area contributed by atoms with Gasteiger partial charge in [-0.15, -0.1) is 0 Å². The number of thioether (sulfide) groups is 1. The van der Waals surface area contributed by atoms with Crippen LogP contribution < -0.4 is 16.4 Å². The first kappa shape index (κ1) is 42.0. The number of unbranched alkanes of at least 4 members (excludes halogenated alkanes) is 1. The van der Waals surface area contributed by atoms with Crippen molar-refractivity contribution >= 4 is 63.1 Å². The third kappa shape index (κ3) is 17.5. The minimum atomic E-state index is -0.455. The number of nitrogens with one attached hydrogen (secondary N) is 4. The standard InChI is InChI=1S/C19H27N3O2S.C9H16N2O2S.C8H9N3/c1-19(2,3)24-18(23)22-11-5-4-6-15(25)8-7-14-9-12-20-17-16(14)10-13-21-17;1-9(2,3)13-8(12)11-5-4-6-14-7-10;9-5-6-1-3-10-8-7(6)2-4-11-8/h9-10,12-13H,4-8,11H2,1-3H3,(H,20,21)(H,22,23);4-6H2,1-3H3,(H,11,12);1-4H,5,9H2,(H,10,11). The number of alkyl carbamates (subject to hydrolysis) is 2. The van der Waals surface area contributed by atoms with Crippen LogP contribution in [0, 0.1) is 10.7 Å². The number of nitrogens with two attached hydrogens (primary N) is 1. The van der Waals surface area contributed by atoms with Gasteiger partial charge in [0.05, 0.1) is 0 Å². The van der Waals surface area contributed by atoms with Crippen molar-refractivity contribution in [3.63, 3.8) is 0 Å². The highest BCUT2D eigenvalue weighted by molar-refractivity contribution is 8.03. The molecule has 0 aliphatic heterocycles. The molecule has 0 spiro atoms. The fourth-order valence-electron chi connectivity index (χ4n) is 4.48. The first-order chi connectivity index (χ1) is 23.7. The van der Waals surface area contributed by atoms with Crippen molar-refractivity contribution in [2.75, 3.05) is 18.8 Å². The molecular weight excluding hydrogens is 673 g/mol. The summed E-state index contributed by atoms with van der Waals surface area (Å²) in [6.07, 6.45) is 12.0. The largest absolute Gasteiger partial charge is 0.444 e. The summed E-state index contributed by atoms with van der Waals surface area (Å²) in [7, 11) is 0.